The molecule has 1 fully saturated rings. The van der Waals surface area contributed by atoms with Gasteiger partial charge in [0.1, 0.15) is 11.5 Å². The Kier molecular flexibility index (Phi) is 6.01. The smallest absolute Gasteiger partial charge is 0.322 e. The highest BCUT2D eigenvalue weighted by molar-refractivity contribution is 9.10. The standard InChI is InChI=1S/C16H16BrCl2NO5/c1-9(21)25-11-7-8-15(17,14(23)24)16(19,12(11)18)13(22)20-10-5-3-2-4-6-10/h2-6,11-12H,7-8H2,1H3,(H,20,22)(H,23,24). The van der Waals surface area contributed by atoms with Crippen LogP contribution in [0.25, 0.3) is 0 Å². The van der Waals surface area contributed by atoms with Crippen molar-refractivity contribution in [2.24, 2.45) is 0 Å². The lowest BCUT2D eigenvalue weighted by Crippen LogP contribution is -2.68. The summed E-state index contributed by atoms with van der Waals surface area (Å²) in [6, 6.07) is 8.43. The van der Waals surface area contributed by atoms with E-state index in [-0.39, 0.29) is 12.8 Å². The van der Waals surface area contributed by atoms with Gasteiger partial charge in [0.25, 0.3) is 0 Å². The lowest BCUT2D eigenvalue weighted by atomic mass is 9.75. The Labute approximate surface area is 162 Å². The Balaban J connectivity index is 2.41. The minimum atomic E-state index is -2.09. The number of carboxylic acids is 1. The van der Waals surface area contributed by atoms with Crippen LogP contribution in [-0.4, -0.2) is 43.6 Å². The van der Waals surface area contributed by atoms with Crippen molar-refractivity contribution in [3.63, 3.8) is 0 Å². The Morgan fingerprint density at radius 2 is 1.92 bits per heavy atom. The van der Waals surface area contributed by atoms with Gasteiger partial charge in [0.05, 0.1) is 0 Å². The van der Waals surface area contributed by atoms with E-state index in [0.717, 1.165) is 0 Å². The minimum absolute atomic E-state index is 0.0464. The third kappa shape index (κ3) is 3.64. The summed E-state index contributed by atoms with van der Waals surface area (Å²) in [6.45, 7) is 1.21. The maximum Gasteiger partial charge on any atom is 0.322 e. The number of aliphatic carboxylic acids is 1. The Morgan fingerprint density at radius 3 is 2.44 bits per heavy atom. The molecule has 0 spiro atoms. The van der Waals surface area contributed by atoms with E-state index in [1.807, 2.05) is 0 Å². The number of carboxylic acid groups (broad SMARTS) is 1. The molecule has 1 aromatic carbocycles. The van der Waals surface area contributed by atoms with E-state index >= 15 is 0 Å². The molecule has 0 heterocycles. The number of benzene rings is 1. The molecule has 1 aliphatic carbocycles. The number of nitrogens with one attached hydrogen (secondary N) is 1. The molecule has 0 radical (unpaired) electrons. The molecule has 4 atom stereocenters. The van der Waals surface area contributed by atoms with Crippen molar-refractivity contribution < 1.29 is 24.2 Å². The summed E-state index contributed by atoms with van der Waals surface area (Å²) < 4.78 is 3.31. The molecule has 0 aromatic heterocycles. The molecule has 2 rings (SSSR count). The van der Waals surface area contributed by atoms with Gasteiger partial charge in [0, 0.05) is 12.6 Å². The number of anilines is 1. The highest BCUT2D eigenvalue weighted by atomic mass is 79.9. The molecule has 1 aromatic rings. The quantitative estimate of drug-likeness (QED) is 0.540. The van der Waals surface area contributed by atoms with Crippen molar-refractivity contribution in [1.82, 2.24) is 0 Å². The van der Waals surface area contributed by atoms with E-state index in [2.05, 4.69) is 21.2 Å². The molecule has 1 aliphatic rings. The number of amides is 1. The molecule has 0 saturated heterocycles. The van der Waals surface area contributed by atoms with E-state index in [1.54, 1.807) is 30.3 Å². The van der Waals surface area contributed by atoms with Gasteiger partial charge in [0.2, 0.25) is 5.91 Å². The second-order valence-electron chi connectivity index (χ2n) is 5.73. The second-order valence-corrected chi connectivity index (χ2v) is 8.15. The molecule has 136 valence electrons. The zero-order chi connectivity index (χ0) is 18.8. The van der Waals surface area contributed by atoms with E-state index in [0.29, 0.717) is 5.69 Å². The first kappa shape index (κ1) is 20.0. The Hall–Kier alpha value is -1.31. The van der Waals surface area contributed by atoms with Gasteiger partial charge in [-0.2, -0.15) is 0 Å². The van der Waals surface area contributed by atoms with Gasteiger partial charge in [-0.15, -0.1) is 23.2 Å². The molecule has 0 bridgehead atoms. The lowest BCUT2D eigenvalue weighted by Gasteiger charge is -2.47. The summed E-state index contributed by atoms with van der Waals surface area (Å²) in [5.41, 5.74) is 0.436. The van der Waals surface area contributed by atoms with Crippen LogP contribution in [0, 0.1) is 0 Å². The van der Waals surface area contributed by atoms with Gasteiger partial charge >= 0.3 is 11.9 Å². The first-order valence-electron chi connectivity index (χ1n) is 7.42. The zero-order valence-electron chi connectivity index (χ0n) is 13.2. The number of rotatable bonds is 4. The summed E-state index contributed by atoms with van der Waals surface area (Å²) in [4.78, 5) is 33.9. The highest BCUT2D eigenvalue weighted by Crippen LogP contribution is 2.51. The largest absolute Gasteiger partial charge is 0.480 e. The van der Waals surface area contributed by atoms with Crippen LogP contribution in [0.2, 0.25) is 0 Å². The van der Waals surface area contributed by atoms with Crippen LogP contribution >= 0.6 is 39.1 Å². The van der Waals surface area contributed by atoms with E-state index in [4.69, 9.17) is 27.9 Å². The zero-order valence-corrected chi connectivity index (χ0v) is 16.3. The molecule has 4 unspecified atom stereocenters. The molecule has 2 N–H and O–H groups in total. The monoisotopic (exact) mass is 451 g/mol. The molecule has 9 heteroatoms. The SMILES string of the molecule is CC(=O)OC1CCC(Br)(C(=O)O)C(Cl)(C(=O)Nc2ccccc2)C1Cl. The highest BCUT2D eigenvalue weighted by Gasteiger charge is 2.67. The number of para-hydroxylation sites is 1. The van der Waals surface area contributed by atoms with Gasteiger partial charge in [-0.3, -0.25) is 14.4 Å². The number of alkyl halides is 3. The van der Waals surface area contributed by atoms with Gasteiger partial charge in [-0.25, -0.2) is 0 Å². The maximum absolute atomic E-state index is 12.9. The average Bonchev–Trinajstić information content (AvgIpc) is 2.56. The average molecular weight is 453 g/mol. The topological polar surface area (TPSA) is 92.7 Å². The molecule has 1 saturated carbocycles. The van der Waals surface area contributed by atoms with Crippen LogP contribution in [0.15, 0.2) is 30.3 Å². The molecular weight excluding hydrogens is 437 g/mol. The number of carbonyl (C=O) groups excluding carboxylic acids is 2. The fourth-order valence-corrected chi connectivity index (χ4v) is 4.40. The van der Waals surface area contributed by atoms with Crippen molar-refractivity contribution in [2.75, 3.05) is 5.32 Å². The fraction of sp³-hybridized carbons (Fsp3) is 0.438. The van der Waals surface area contributed by atoms with Crippen molar-refractivity contribution in [2.45, 2.75) is 40.4 Å². The van der Waals surface area contributed by atoms with E-state index < -0.39 is 38.5 Å². The van der Waals surface area contributed by atoms with Gasteiger partial charge < -0.3 is 15.2 Å². The molecule has 25 heavy (non-hydrogen) atoms. The first-order valence-corrected chi connectivity index (χ1v) is 9.02. The molecule has 1 amide bonds. The number of halogens is 3. The fourth-order valence-electron chi connectivity index (χ4n) is 2.79. The van der Waals surface area contributed by atoms with Crippen LogP contribution in [0.5, 0.6) is 0 Å². The number of ether oxygens (including phenoxy) is 1. The second kappa shape index (κ2) is 7.51. The summed E-state index contributed by atoms with van der Waals surface area (Å²) in [5.74, 6) is -2.70. The van der Waals surface area contributed by atoms with Crippen LogP contribution in [-0.2, 0) is 19.1 Å². The van der Waals surface area contributed by atoms with E-state index in [9.17, 15) is 19.5 Å². The molecule has 0 aliphatic heterocycles. The van der Waals surface area contributed by atoms with Crippen LogP contribution in [0.1, 0.15) is 19.8 Å². The van der Waals surface area contributed by atoms with Crippen LogP contribution in [0.3, 0.4) is 0 Å². The summed E-state index contributed by atoms with van der Waals surface area (Å²) >= 11 is 16.0. The molecular formula is C16H16BrCl2NO5. The molecule has 6 nitrogen and oxygen atoms in total. The number of carbonyl (C=O) groups is 3. The third-order valence-corrected chi connectivity index (χ3v) is 7.11. The maximum atomic E-state index is 12.9. The van der Waals surface area contributed by atoms with Crippen molar-refractivity contribution in [1.29, 1.82) is 0 Å². The number of hydrogen-bond acceptors (Lipinski definition) is 4. The Morgan fingerprint density at radius 1 is 1.32 bits per heavy atom. The van der Waals surface area contributed by atoms with Crippen molar-refractivity contribution >= 4 is 62.7 Å². The first-order chi connectivity index (χ1) is 11.6. The summed E-state index contributed by atoms with van der Waals surface area (Å²) in [7, 11) is 0. The number of esters is 1. The lowest BCUT2D eigenvalue weighted by molar-refractivity contribution is -0.152. The minimum Gasteiger partial charge on any atom is -0.480 e. The number of hydrogen-bond donors (Lipinski definition) is 2. The van der Waals surface area contributed by atoms with Crippen molar-refractivity contribution in [3.05, 3.63) is 30.3 Å². The summed E-state index contributed by atoms with van der Waals surface area (Å²) in [6.07, 6.45) is -0.781. The predicted molar refractivity (Wildman–Crippen MR) is 97.4 cm³/mol. The normalized spacial score (nSPS) is 31.8. The van der Waals surface area contributed by atoms with E-state index in [1.165, 1.54) is 6.92 Å². The van der Waals surface area contributed by atoms with Gasteiger partial charge in [-0.1, -0.05) is 34.1 Å². The van der Waals surface area contributed by atoms with Crippen molar-refractivity contribution in [3.8, 4) is 0 Å². The third-order valence-electron chi connectivity index (χ3n) is 4.07. The van der Waals surface area contributed by atoms with Crippen LogP contribution < -0.4 is 5.32 Å². The summed E-state index contributed by atoms with van der Waals surface area (Å²) in [5, 5.41) is 11.0. The van der Waals surface area contributed by atoms with Gasteiger partial charge in [-0.05, 0) is 25.0 Å². The Bertz CT molecular complexity index is 688. The van der Waals surface area contributed by atoms with Gasteiger partial charge in [0.15, 0.2) is 9.20 Å². The van der Waals surface area contributed by atoms with Crippen LogP contribution in [0.4, 0.5) is 5.69 Å². The predicted octanol–water partition coefficient (Wildman–Crippen LogP) is 3.15.